The molecule has 0 spiro atoms. The lowest BCUT2D eigenvalue weighted by molar-refractivity contribution is 0.152. The van der Waals surface area contributed by atoms with E-state index in [0.717, 1.165) is 0 Å². The fourth-order valence-corrected chi connectivity index (χ4v) is 4.30. The van der Waals surface area contributed by atoms with Crippen molar-refractivity contribution >= 4 is 37.6 Å². The molecule has 120 valence electrons. The van der Waals surface area contributed by atoms with Crippen LogP contribution in [0.1, 0.15) is 20.3 Å². The first-order valence-electron chi connectivity index (χ1n) is 6.38. The summed E-state index contributed by atoms with van der Waals surface area (Å²) in [4.78, 5) is -0.0684. The van der Waals surface area contributed by atoms with Crippen LogP contribution in [-0.2, 0) is 10.0 Å². The van der Waals surface area contributed by atoms with Gasteiger partial charge in [0.1, 0.15) is 4.90 Å². The van der Waals surface area contributed by atoms with E-state index >= 15 is 0 Å². The molecule has 8 heteroatoms. The fraction of sp³-hybridized carbons (Fsp3) is 0.538. The van der Waals surface area contributed by atoms with Crippen molar-refractivity contribution in [3.63, 3.8) is 0 Å². The van der Waals surface area contributed by atoms with Crippen LogP contribution in [0.3, 0.4) is 0 Å². The number of rotatable bonds is 7. The lowest BCUT2D eigenvalue weighted by atomic mass is 10.1. The normalized spacial score (nSPS) is 13.5. The Kier molecular flexibility index (Phi) is 6.93. The SMILES string of the molecule is COc1c(Br)cc(Cl)cc1S(=O)(=O)NCC(O)CC(C)C. The summed E-state index contributed by atoms with van der Waals surface area (Å²) >= 11 is 9.10. The van der Waals surface area contributed by atoms with Crippen LogP contribution in [0.5, 0.6) is 5.75 Å². The van der Waals surface area contributed by atoms with E-state index in [1.165, 1.54) is 13.2 Å². The van der Waals surface area contributed by atoms with E-state index in [0.29, 0.717) is 10.9 Å². The first kappa shape index (κ1) is 18.7. The predicted octanol–water partition coefficient (Wildman–Crippen LogP) is 2.80. The molecule has 0 radical (unpaired) electrons. The van der Waals surface area contributed by atoms with Gasteiger partial charge in [0.05, 0.1) is 17.7 Å². The molecule has 0 saturated heterocycles. The Balaban J connectivity index is 2.98. The quantitative estimate of drug-likeness (QED) is 0.738. The van der Waals surface area contributed by atoms with Gasteiger partial charge in [0, 0.05) is 11.6 Å². The first-order chi connectivity index (χ1) is 9.67. The van der Waals surface area contributed by atoms with Gasteiger partial charge in [0.25, 0.3) is 0 Å². The molecule has 0 aromatic heterocycles. The second-order valence-electron chi connectivity index (χ2n) is 5.05. The molecule has 0 amide bonds. The van der Waals surface area contributed by atoms with Crippen LogP contribution >= 0.6 is 27.5 Å². The minimum Gasteiger partial charge on any atom is -0.494 e. The summed E-state index contributed by atoms with van der Waals surface area (Å²) in [6.07, 6.45) is -0.229. The fourth-order valence-electron chi connectivity index (χ4n) is 1.85. The van der Waals surface area contributed by atoms with Crippen molar-refractivity contribution in [1.82, 2.24) is 4.72 Å². The number of methoxy groups -OCH3 is 1. The highest BCUT2D eigenvalue weighted by Crippen LogP contribution is 2.35. The number of ether oxygens (including phenoxy) is 1. The molecule has 0 aliphatic carbocycles. The number of sulfonamides is 1. The maximum atomic E-state index is 12.3. The second-order valence-corrected chi connectivity index (χ2v) is 8.08. The Hall–Kier alpha value is -0.340. The largest absolute Gasteiger partial charge is 0.494 e. The molecule has 1 aromatic rings. The van der Waals surface area contributed by atoms with Gasteiger partial charge in [-0.2, -0.15) is 0 Å². The minimum atomic E-state index is -3.83. The van der Waals surface area contributed by atoms with E-state index in [1.54, 1.807) is 6.07 Å². The monoisotopic (exact) mass is 399 g/mol. The molecule has 1 atom stereocenters. The average molecular weight is 401 g/mol. The molecule has 21 heavy (non-hydrogen) atoms. The molecule has 0 fully saturated rings. The van der Waals surface area contributed by atoms with Crippen molar-refractivity contribution in [2.24, 2.45) is 5.92 Å². The maximum Gasteiger partial charge on any atom is 0.244 e. The van der Waals surface area contributed by atoms with Crippen molar-refractivity contribution in [3.05, 3.63) is 21.6 Å². The number of benzene rings is 1. The van der Waals surface area contributed by atoms with Crippen molar-refractivity contribution in [2.75, 3.05) is 13.7 Å². The van der Waals surface area contributed by atoms with Gasteiger partial charge >= 0.3 is 0 Å². The van der Waals surface area contributed by atoms with E-state index < -0.39 is 16.1 Å². The number of hydrogen-bond donors (Lipinski definition) is 2. The Bertz CT molecular complexity index is 592. The molecular weight excluding hydrogens is 382 g/mol. The van der Waals surface area contributed by atoms with Crippen molar-refractivity contribution in [3.8, 4) is 5.75 Å². The third kappa shape index (κ3) is 5.41. The highest BCUT2D eigenvalue weighted by molar-refractivity contribution is 9.10. The highest BCUT2D eigenvalue weighted by Gasteiger charge is 2.23. The molecular formula is C13H19BrClNO4S. The third-order valence-electron chi connectivity index (χ3n) is 2.72. The zero-order valence-electron chi connectivity index (χ0n) is 12.1. The summed E-state index contributed by atoms with van der Waals surface area (Å²) < 4.78 is 32.6. The van der Waals surface area contributed by atoms with Gasteiger partial charge in [-0.25, -0.2) is 13.1 Å². The molecule has 0 bridgehead atoms. The van der Waals surface area contributed by atoms with Crippen molar-refractivity contribution < 1.29 is 18.3 Å². The molecule has 1 rings (SSSR count). The number of nitrogens with one attached hydrogen (secondary N) is 1. The Morgan fingerprint density at radius 1 is 1.43 bits per heavy atom. The molecule has 2 N–H and O–H groups in total. The Labute approximate surface area is 138 Å². The molecule has 0 saturated carbocycles. The molecule has 0 aliphatic rings. The van der Waals surface area contributed by atoms with Crippen LogP contribution in [0.15, 0.2) is 21.5 Å². The van der Waals surface area contributed by atoms with Gasteiger partial charge in [0.2, 0.25) is 10.0 Å². The second kappa shape index (κ2) is 7.78. The zero-order chi connectivity index (χ0) is 16.2. The van der Waals surface area contributed by atoms with Gasteiger partial charge < -0.3 is 9.84 Å². The summed E-state index contributed by atoms with van der Waals surface area (Å²) in [5.74, 6) is 0.449. The Morgan fingerprint density at radius 2 is 2.05 bits per heavy atom. The molecule has 0 heterocycles. The topological polar surface area (TPSA) is 75.6 Å². The Morgan fingerprint density at radius 3 is 2.57 bits per heavy atom. The highest BCUT2D eigenvalue weighted by atomic mass is 79.9. The van der Waals surface area contributed by atoms with E-state index in [1.807, 2.05) is 13.8 Å². The predicted molar refractivity (Wildman–Crippen MR) is 86.4 cm³/mol. The lowest BCUT2D eigenvalue weighted by Crippen LogP contribution is -2.33. The van der Waals surface area contributed by atoms with Gasteiger partial charge in [-0.3, -0.25) is 0 Å². The third-order valence-corrected chi connectivity index (χ3v) is 4.96. The lowest BCUT2D eigenvalue weighted by Gasteiger charge is -2.16. The van der Waals surface area contributed by atoms with Crippen LogP contribution in [0, 0.1) is 5.92 Å². The summed E-state index contributed by atoms with van der Waals surface area (Å²) in [6, 6.07) is 2.86. The van der Waals surface area contributed by atoms with Crippen molar-refractivity contribution in [1.29, 1.82) is 0 Å². The standard InChI is InChI=1S/C13H19BrClNO4S/c1-8(2)4-10(17)7-16-21(18,19)12-6-9(15)5-11(14)13(12)20-3/h5-6,8,10,16-17H,4,7H2,1-3H3. The first-order valence-corrected chi connectivity index (χ1v) is 9.03. The summed E-state index contributed by atoms with van der Waals surface area (Å²) in [5, 5.41) is 10.0. The van der Waals surface area contributed by atoms with E-state index in [-0.39, 0.29) is 28.1 Å². The number of halogens is 2. The van der Waals surface area contributed by atoms with E-state index in [2.05, 4.69) is 20.7 Å². The number of aliphatic hydroxyl groups is 1. The minimum absolute atomic E-state index is 0.0617. The molecule has 0 aliphatic heterocycles. The van der Waals surface area contributed by atoms with Gasteiger partial charge in [0.15, 0.2) is 5.75 Å². The van der Waals surface area contributed by atoms with Gasteiger partial charge in [-0.15, -0.1) is 0 Å². The van der Waals surface area contributed by atoms with Crippen LogP contribution in [0.25, 0.3) is 0 Å². The zero-order valence-corrected chi connectivity index (χ0v) is 15.2. The summed E-state index contributed by atoms with van der Waals surface area (Å²) in [7, 11) is -2.45. The molecule has 5 nitrogen and oxygen atoms in total. The van der Waals surface area contributed by atoms with E-state index in [9.17, 15) is 13.5 Å². The van der Waals surface area contributed by atoms with Crippen LogP contribution < -0.4 is 9.46 Å². The maximum absolute atomic E-state index is 12.3. The van der Waals surface area contributed by atoms with Gasteiger partial charge in [-0.05, 0) is 40.4 Å². The van der Waals surface area contributed by atoms with Gasteiger partial charge in [-0.1, -0.05) is 25.4 Å². The molecule has 1 aromatic carbocycles. The van der Waals surface area contributed by atoms with Crippen LogP contribution in [0.2, 0.25) is 5.02 Å². The van der Waals surface area contributed by atoms with Crippen molar-refractivity contribution in [2.45, 2.75) is 31.3 Å². The van der Waals surface area contributed by atoms with Crippen LogP contribution in [-0.4, -0.2) is 33.3 Å². The smallest absolute Gasteiger partial charge is 0.244 e. The summed E-state index contributed by atoms with van der Waals surface area (Å²) in [6.45, 7) is 3.84. The average Bonchev–Trinajstić information content (AvgIpc) is 2.35. The number of hydrogen-bond acceptors (Lipinski definition) is 4. The summed E-state index contributed by atoms with van der Waals surface area (Å²) in [5.41, 5.74) is 0. The van der Waals surface area contributed by atoms with Crippen LogP contribution in [0.4, 0.5) is 0 Å². The molecule has 1 unspecified atom stereocenters. The van der Waals surface area contributed by atoms with E-state index in [4.69, 9.17) is 16.3 Å². The number of aliphatic hydroxyl groups excluding tert-OH is 1.